The molecule has 0 saturated heterocycles. The lowest BCUT2D eigenvalue weighted by atomic mass is 10.3. The smallest absolute Gasteiger partial charge is 0.126 e. The Morgan fingerprint density at radius 2 is 2.20 bits per heavy atom. The summed E-state index contributed by atoms with van der Waals surface area (Å²) in [6.07, 6.45) is 2.58. The molecule has 0 heterocycles. The lowest BCUT2D eigenvalue weighted by Crippen LogP contribution is -1.95. The van der Waals surface area contributed by atoms with Gasteiger partial charge in [-0.3, -0.25) is 0 Å². The van der Waals surface area contributed by atoms with E-state index in [0.717, 1.165) is 17.4 Å². The van der Waals surface area contributed by atoms with Crippen LogP contribution in [-0.2, 0) is 4.74 Å². The highest BCUT2D eigenvalue weighted by molar-refractivity contribution is 7.99. The van der Waals surface area contributed by atoms with E-state index < -0.39 is 0 Å². The van der Waals surface area contributed by atoms with Crippen molar-refractivity contribution >= 4 is 17.4 Å². The Morgan fingerprint density at radius 1 is 1.40 bits per heavy atom. The molecule has 15 heavy (non-hydrogen) atoms. The fourth-order valence-corrected chi connectivity index (χ4v) is 2.01. The van der Waals surface area contributed by atoms with Gasteiger partial charge in [0.25, 0.3) is 0 Å². The molecule has 1 aliphatic carbocycles. The second-order valence-corrected chi connectivity index (χ2v) is 4.79. The molecule has 0 unspecified atom stereocenters. The van der Waals surface area contributed by atoms with Crippen molar-refractivity contribution in [1.82, 2.24) is 0 Å². The van der Waals surface area contributed by atoms with Crippen LogP contribution in [0.1, 0.15) is 12.8 Å². The number of nitrogen functional groups attached to an aromatic ring is 1. The fourth-order valence-electron chi connectivity index (χ4n) is 1.28. The summed E-state index contributed by atoms with van der Waals surface area (Å²) in [5, 5.41) is 0. The quantitative estimate of drug-likeness (QED) is 0.363. The molecule has 0 bridgehead atoms. The Morgan fingerprint density at radius 3 is 2.87 bits per heavy atom. The highest BCUT2D eigenvalue weighted by atomic mass is 32.2. The van der Waals surface area contributed by atoms with Crippen molar-refractivity contribution in [3.05, 3.63) is 24.0 Å². The van der Waals surface area contributed by atoms with Crippen LogP contribution in [0.4, 0.5) is 10.1 Å². The zero-order valence-corrected chi connectivity index (χ0v) is 9.23. The second-order valence-electron chi connectivity index (χ2n) is 3.80. The maximum Gasteiger partial charge on any atom is 0.126 e. The van der Waals surface area contributed by atoms with Gasteiger partial charge < -0.3 is 10.5 Å². The highest BCUT2D eigenvalue weighted by Crippen LogP contribution is 2.29. The molecular weight excluding hydrogens is 213 g/mol. The molecule has 4 heteroatoms. The van der Waals surface area contributed by atoms with Crippen molar-refractivity contribution in [3.8, 4) is 0 Å². The average molecular weight is 227 g/mol. The first kappa shape index (κ1) is 10.8. The Labute approximate surface area is 93.0 Å². The first-order chi connectivity index (χ1) is 7.24. The van der Waals surface area contributed by atoms with Crippen molar-refractivity contribution in [2.75, 3.05) is 18.3 Å². The summed E-state index contributed by atoms with van der Waals surface area (Å²) >= 11 is 1.48. The van der Waals surface area contributed by atoms with Gasteiger partial charge >= 0.3 is 0 Å². The van der Waals surface area contributed by atoms with Crippen LogP contribution in [0.25, 0.3) is 0 Å². The number of hydrogen-bond acceptors (Lipinski definition) is 3. The maximum absolute atomic E-state index is 12.9. The summed E-state index contributed by atoms with van der Waals surface area (Å²) in [4.78, 5) is 0.822. The van der Waals surface area contributed by atoms with Gasteiger partial charge in [-0.2, -0.15) is 0 Å². The topological polar surface area (TPSA) is 35.2 Å². The molecular formula is C11H14FNOS. The highest BCUT2D eigenvalue weighted by Gasteiger charge is 2.20. The summed E-state index contributed by atoms with van der Waals surface area (Å²) in [6.45, 7) is 0.831. The Balaban J connectivity index is 1.76. The molecule has 82 valence electrons. The van der Waals surface area contributed by atoms with E-state index in [1.807, 2.05) is 0 Å². The molecule has 0 aliphatic heterocycles. The Bertz CT molecular complexity index is 321. The number of anilines is 1. The molecule has 0 radical (unpaired) electrons. The van der Waals surface area contributed by atoms with Crippen LogP contribution < -0.4 is 5.73 Å². The SMILES string of the molecule is Nc1cc(F)cc(SCOCC2CC2)c1. The van der Waals surface area contributed by atoms with Crippen molar-refractivity contribution in [2.24, 2.45) is 5.92 Å². The van der Waals surface area contributed by atoms with Gasteiger partial charge in [-0.15, -0.1) is 0 Å². The molecule has 2 nitrogen and oxygen atoms in total. The van der Waals surface area contributed by atoms with Crippen LogP contribution in [0.15, 0.2) is 23.1 Å². The third-order valence-corrected chi connectivity index (χ3v) is 3.11. The first-order valence-corrected chi connectivity index (χ1v) is 5.99. The third-order valence-electron chi connectivity index (χ3n) is 2.25. The van der Waals surface area contributed by atoms with E-state index in [4.69, 9.17) is 10.5 Å². The number of nitrogens with two attached hydrogens (primary N) is 1. The number of ether oxygens (including phenoxy) is 1. The van der Waals surface area contributed by atoms with Gasteiger partial charge in [0.05, 0.1) is 12.5 Å². The molecule has 1 aromatic carbocycles. The van der Waals surface area contributed by atoms with E-state index in [1.54, 1.807) is 6.07 Å². The van der Waals surface area contributed by atoms with E-state index in [2.05, 4.69) is 0 Å². The number of halogens is 1. The van der Waals surface area contributed by atoms with E-state index in [9.17, 15) is 4.39 Å². The van der Waals surface area contributed by atoms with Crippen LogP contribution in [0.5, 0.6) is 0 Å². The molecule has 1 saturated carbocycles. The van der Waals surface area contributed by atoms with Crippen molar-refractivity contribution in [3.63, 3.8) is 0 Å². The van der Waals surface area contributed by atoms with E-state index in [-0.39, 0.29) is 5.82 Å². The normalized spacial score (nSPS) is 15.5. The summed E-state index contributed by atoms with van der Waals surface area (Å²) in [6, 6.07) is 4.55. The van der Waals surface area contributed by atoms with Gasteiger partial charge in [0.15, 0.2) is 0 Å². The van der Waals surface area contributed by atoms with Crippen LogP contribution in [-0.4, -0.2) is 12.5 Å². The van der Waals surface area contributed by atoms with Crippen LogP contribution >= 0.6 is 11.8 Å². The molecule has 1 fully saturated rings. The third kappa shape index (κ3) is 3.72. The summed E-state index contributed by atoms with van der Waals surface area (Å²) < 4.78 is 18.4. The molecule has 0 aromatic heterocycles. The standard InChI is InChI=1S/C11H14FNOS/c12-9-3-10(13)5-11(4-9)15-7-14-6-8-1-2-8/h3-5,8H,1-2,6-7,13H2. The fraction of sp³-hybridized carbons (Fsp3) is 0.455. The molecule has 0 atom stereocenters. The predicted molar refractivity (Wildman–Crippen MR) is 60.2 cm³/mol. The second kappa shape index (κ2) is 4.86. The average Bonchev–Trinajstić information content (AvgIpc) is 2.94. The van der Waals surface area contributed by atoms with Crippen LogP contribution in [0, 0.1) is 11.7 Å². The van der Waals surface area contributed by atoms with Crippen molar-refractivity contribution in [1.29, 1.82) is 0 Å². The predicted octanol–water partition coefficient (Wildman–Crippen LogP) is 2.88. The Hall–Kier alpha value is -0.740. The number of hydrogen-bond donors (Lipinski definition) is 1. The lowest BCUT2D eigenvalue weighted by molar-refractivity contribution is 0.171. The minimum atomic E-state index is -0.292. The van der Waals surface area contributed by atoms with Gasteiger partial charge in [0, 0.05) is 10.6 Å². The summed E-state index contributed by atoms with van der Waals surface area (Å²) in [5.74, 6) is 1.04. The molecule has 0 spiro atoms. The minimum Gasteiger partial charge on any atom is -0.399 e. The van der Waals surface area contributed by atoms with Crippen molar-refractivity contribution < 1.29 is 9.13 Å². The Kier molecular flexibility index (Phi) is 3.49. The summed E-state index contributed by atoms with van der Waals surface area (Å²) in [5.41, 5.74) is 5.99. The molecule has 1 aliphatic rings. The molecule has 2 N–H and O–H groups in total. The van der Waals surface area contributed by atoms with Gasteiger partial charge in [-0.05, 0) is 37.0 Å². The maximum atomic E-state index is 12.9. The van der Waals surface area contributed by atoms with Gasteiger partial charge in [-0.25, -0.2) is 4.39 Å². The number of rotatable bonds is 5. The zero-order valence-electron chi connectivity index (χ0n) is 8.41. The number of thioether (sulfide) groups is 1. The molecule has 1 aromatic rings. The van der Waals surface area contributed by atoms with Crippen LogP contribution in [0.3, 0.4) is 0 Å². The van der Waals surface area contributed by atoms with Gasteiger partial charge in [0.2, 0.25) is 0 Å². The minimum absolute atomic E-state index is 0.292. The van der Waals surface area contributed by atoms with E-state index in [1.165, 1.54) is 36.7 Å². The zero-order chi connectivity index (χ0) is 10.7. The van der Waals surface area contributed by atoms with Crippen molar-refractivity contribution in [2.45, 2.75) is 17.7 Å². The monoisotopic (exact) mass is 227 g/mol. The lowest BCUT2D eigenvalue weighted by Gasteiger charge is -2.04. The van der Waals surface area contributed by atoms with Gasteiger partial charge in [0.1, 0.15) is 5.82 Å². The van der Waals surface area contributed by atoms with Gasteiger partial charge in [-0.1, -0.05) is 11.8 Å². The van der Waals surface area contributed by atoms with E-state index in [0.29, 0.717) is 11.6 Å². The largest absolute Gasteiger partial charge is 0.399 e. The molecule has 2 rings (SSSR count). The summed E-state index contributed by atoms with van der Waals surface area (Å²) in [7, 11) is 0. The first-order valence-electron chi connectivity index (χ1n) is 5.00. The number of benzene rings is 1. The van der Waals surface area contributed by atoms with Crippen LogP contribution in [0.2, 0.25) is 0 Å². The van der Waals surface area contributed by atoms with E-state index >= 15 is 0 Å². The molecule has 0 amide bonds.